The van der Waals surface area contributed by atoms with Crippen LogP contribution in [0.2, 0.25) is 0 Å². The zero-order chi connectivity index (χ0) is 21.2. The molecule has 0 unspecified atom stereocenters. The normalized spacial score (nSPS) is 11.2. The van der Waals surface area contributed by atoms with E-state index in [4.69, 9.17) is 0 Å². The predicted molar refractivity (Wildman–Crippen MR) is 102 cm³/mol. The Kier molecular flexibility index (Phi) is 5.45. The minimum absolute atomic E-state index is 0.213. The summed E-state index contributed by atoms with van der Waals surface area (Å²) in [6, 6.07) is 15.1. The first-order valence-corrected chi connectivity index (χ1v) is 8.71. The van der Waals surface area contributed by atoms with Crippen LogP contribution in [-0.4, -0.2) is 16.4 Å². The molecule has 0 spiro atoms. The van der Waals surface area contributed by atoms with Crippen molar-refractivity contribution >= 4 is 11.8 Å². The van der Waals surface area contributed by atoms with E-state index < -0.39 is 23.6 Å². The van der Waals surface area contributed by atoms with Gasteiger partial charge >= 0.3 is 6.18 Å². The maximum absolute atomic E-state index is 12.8. The lowest BCUT2D eigenvalue weighted by Gasteiger charge is -2.11. The van der Waals surface area contributed by atoms with Gasteiger partial charge in [-0.05, 0) is 50.2 Å². The highest BCUT2D eigenvalue weighted by Gasteiger charge is 2.31. The molecule has 0 aliphatic carbocycles. The van der Waals surface area contributed by atoms with E-state index in [1.807, 2.05) is 41.8 Å². The number of aryl methyl sites for hydroxylation is 1. The Morgan fingerprint density at radius 1 is 0.862 bits per heavy atom. The summed E-state index contributed by atoms with van der Waals surface area (Å²) in [5.74, 6) is -1.41. The highest BCUT2D eigenvalue weighted by molar-refractivity contribution is 6.00. The zero-order valence-electron chi connectivity index (χ0n) is 15.7. The number of carbonyl (C=O) groups excluding carboxylic acids is 2. The van der Waals surface area contributed by atoms with E-state index in [9.17, 15) is 22.8 Å². The quantitative estimate of drug-likeness (QED) is 0.647. The van der Waals surface area contributed by atoms with Gasteiger partial charge in [-0.15, -0.1) is 0 Å². The van der Waals surface area contributed by atoms with Crippen molar-refractivity contribution in [2.75, 3.05) is 0 Å². The second kappa shape index (κ2) is 7.83. The van der Waals surface area contributed by atoms with Crippen LogP contribution in [0.1, 0.15) is 37.7 Å². The van der Waals surface area contributed by atoms with Crippen LogP contribution >= 0.6 is 0 Å². The molecule has 0 radical (unpaired) electrons. The van der Waals surface area contributed by atoms with Crippen LogP contribution in [0.15, 0.2) is 60.7 Å². The number of rotatable bonds is 3. The molecule has 3 rings (SSSR count). The van der Waals surface area contributed by atoms with Crippen LogP contribution in [0.5, 0.6) is 0 Å². The number of halogens is 3. The third kappa shape index (κ3) is 4.31. The van der Waals surface area contributed by atoms with Gasteiger partial charge in [0.05, 0.1) is 11.1 Å². The molecule has 2 N–H and O–H groups in total. The summed E-state index contributed by atoms with van der Waals surface area (Å²) in [5, 5.41) is 0. The second-order valence-electron chi connectivity index (χ2n) is 6.44. The molecule has 0 bridgehead atoms. The van der Waals surface area contributed by atoms with E-state index >= 15 is 0 Å². The van der Waals surface area contributed by atoms with Gasteiger partial charge in [-0.3, -0.25) is 20.4 Å². The highest BCUT2D eigenvalue weighted by atomic mass is 19.4. The van der Waals surface area contributed by atoms with Crippen molar-refractivity contribution in [3.8, 4) is 5.69 Å². The lowest BCUT2D eigenvalue weighted by Crippen LogP contribution is -2.41. The number of hydrazine groups is 1. The number of aromatic nitrogens is 1. The van der Waals surface area contributed by atoms with Crippen LogP contribution in [-0.2, 0) is 6.18 Å². The fourth-order valence-corrected chi connectivity index (χ4v) is 3.06. The Morgan fingerprint density at radius 2 is 1.52 bits per heavy atom. The number of nitrogens with one attached hydrogen (secondary N) is 2. The van der Waals surface area contributed by atoms with Crippen LogP contribution in [0.3, 0.4) is 0 Å². The lowest BCUT2D eigenvalue weighted by atomic mass is 10.1. The second-order valence-corrected chi connectivity index (χ2v) is 6.44. The van der Waals surface area contributed by atoms with E-state index in [-0.39, 0.29) is 5.56 Å². The van der Waals surface area contributed by atoms with E-state index in [0.717, 1.165) is 29.6 Å². The van der Waals surface area contributed by atoms with E-state index in [0.29, 0.717) is 11.3 Å². The first-order chi connectivity index (χ1) is 13.7. The van der Waals surface area contributed by atoms with E-state index in [2.05, 4.69) is 10.9 Å². The fraction of sp³-hybridized carbons (Fsp3) is 0.143. The summed E-state index contributed by atoms with van der Waals surface area (Å²) in [6.07, 6.45) is -4.56. The summed E-state index contributed by atoms with van der Waals surface area (Å²) in [7, 11) is 0. The maximum Gasteiger partial charge on any atom is 0.416 e. The number of hydrogen-bond donors (Lipinski definition) is 2. The number of benzene rings is 2. The molecule has 29 heavy (non-hydrogen) atoms. The van der Waals surface area contributed by atoms with Crippen LogP contribution < -0.4 is 10.9 Å². The molecule has 8 heteroatoms. The van der Waals surface area contributed by atoms with Gasteiger partial charge in [0, 0.05) is 22.6 Å². The Labute approximate surface area is 165 Å². The minimum Gasteiger partial charge on any atom is -0.318 e. The average molecular weight is 401 g/mol. The van der Waals surface area contributed by atoms with Gasteiger partial charge in [0.2, 0.25) is 0 Å². The van der Waals surface area contributed by atoms with Crippen LogP contribution in [0.4, 0.5) is 13.2 Å². The number of carbonyl (C=O) groups is 2. The molecule has 1 aromatic heterocycles. The SMILES string of the molecule is Cc1cc(C(=O)NNC(=O)c2cccc(C(F)(F)F)c2)c(C)n1-c1ccccc1. The van der Waals surface area contributed by atoms with Gasteiger partial charge < -0.3 is 4.57 Å². The van der Waals surface area contributed by atoms with Crippen molar-refractivity contribution in [2.24, 2.45) is 0 Å². The number of hydrogen-bond acceptors (Lipinski definition) is 2. The molecule has 150 valence electrons. The molecule has 0 aliphatic rings. The molecule has 2 amide bonds. The van der Waals surface area contributed by atoms with Gasteiger partial charge in [-0.25, -0.2) is 0 Å². The Balaban J connectivity index is 1.74. The minimum atomic E-state index is -4.56. The Hall–Kier alpha value is -3.55. The van der Waals surface area contributed by atoms with Crippen molar-refractivity contribution in [1.29, 1.82) is 0 Å². The number of amides is 2. The Morgan fingerprint density at radius 3 is 2.17 bits per heavy atom. The molecule has 0 atom stereocenters. The summed E-state index contributed by atoms with van der Waals surface area (Å²) >= 11 is 0. The fourth-order valence-electron chi connectivity index (χ4n) is 3.06. The largest absolute Gasteiger partial charge is 0.416 e. The summed E-state index contributed by atoms with van der Waals surface area (Å²) < 4.78 is 40.3. The molecule has 0 fully saturated rings. The monoisotopic (exact) mass is 401 g/mol. The zero-order valence-corrected chi connectivity index (χ0v) is 15.7. The van der Waals surface area contributed by atoms with Crippen molar-refractivity contribution in [3.63, 3.8) is 0 Å². The van der Waals surface area contributed by atoms with Gasteiger partial charge in [0.15, 0.2) is 0 Å². The van der Waals surface area contributed by atoms with Crippen molar-refractivity contribution < 1.29 is 22.8 Å². The maximum atomic E-state index is 12.8. The smallest absolute Gasteiger partial charge is 0.318 e. The topological polar surface area (TPSA) is 63.1 Å². The van der Waals surface area contributed by atoms with Crippen molar-refractivity contribution in [3.05, 3.63) is 88.7 Å². The lowest BCUT2D eigenvalue weighted by molar-refractivity contribution is -0.137. The average Bonchev–Trinajstić information content (AvgIpc) is 3.00. The molecule has 2 aromatic carbocycles. The summed E-state index contributed by atoms with van der Waals surface area (Å²) in [6.45, 7) is 3.61. The van der Waals surface area contributed by atoms with Gasteiger partial charge in [-0.2, -0.15) is 13.2 Å². The molecular weight excluding hydrogens is 383 g/mol. The van der Waals surface area contributed by atoms with Gasteiger partial charge in [0.1, 0.15) is 0 Å². The van der Waals surface area contributed by atoms with E-state index in [1.165, 1.54) is 6.07 Å². The molecule has 0 saturated carbocycles. The van der Waals surface area contributed by atoms with Gasteiger partial charge in [0.25, 0.3) is 11.8 Å². The number of alkyl halides is 3. The summed E-state index contributed by atoms with van der Waals surface area (Å²) in [4.78, 5) is 24.6. The third-order valence-corrected chi connectivity index (χ3v) is 4.43. The standard InChI is InChI=1S/C21H18F3N3O2/c1-13-11-18(14(2)27(13)17-9-4-3-5-10-17)20(29)26-25-19(28)15-7-6-8-16(12-15)21(22,23)24/h3-12H,1-2H3,(H,25,28)(H,26,29). The first-order valence-electron chi connectivity index (χ1n) is 8.71. The van der Waals surface area contributed by atoms with Crippen LogP contribution in [0.25, 0.3) is 5.69 Å². The van der Waals surface area contributed by atoms with Crippen molar-refractivity contribution in [1.82, 2.24) is 15.4 Å². The van der Waals surface area contributed by atoms with E-state index in [1.54, 1.807) is 13.0 Å². The highest BCUT2D eigenvalue weighted by Crippen LogP contribution is 2.29. The number of para-hydroxylation sites is 1. The number of nitrogens with zero attached hydrogens (tertiary/aromatic N) is 1. The molecule has 0 saturated heterocycles. The molecular formula is C21H18F3N3O2. The molecule has 5 nitrogen and oxygen atoms in total. The predicted octanol–water partition coefficient (Wildman–Crippen LogP) is 4.19. The molecule has 3 aromatic rings. The summed E-state index contributed by atoms with van der Waals surface area (Å²) in [5.41, 5.74) is 5.97. The molecule has 1 heterocycles. The first kappa shape index (κ1) is 20.2. The Bertz CT molecular complexity index is 1060. The van der Waals surface area contributed by atoms with Gasteiger partial charge in [-0.1, -0.05) is 24.3 Å². The molecule has 0 aliphatic heterocycles. The third-order valence-electron chi connectivity index (χ3n) is 4.43. The van der Waals surface area contributed by atoms with Crippen LogP contribution in [0, 0.1) is 13.8 Å². The van der Waals surface area contributed by atoms with Crippen molar-refractivity contribution in [2.45, 2.75) is 20.0 Å².